The first kappa shape index (κ1) is 20.8. The molecule has 0 atom stereocenters. The smallest absolute Gasteiger partial charge is 0.220 e. The van der Waals surface area contributed by atoms with Gasteiger partial charge in [-0.25, -0.2) is 4.98 Å². The van der Waals surface area contributed by atoms with Crippen LogP contribution in [0.2, 0.25) is 0 Å². The molecular formula is C24H27N3O4. The minimum absolute atomic E-state index is 0.0459. The van der Waals surface area contributed by atoms with Crippen molar-refractivity contribution in [3.05, 3.63) is 54.1 Å². The second-order valence-corrected chi connectivity index (χ2v) is 7.67. The standard InChI is InChI=1S/C24H27N3O4/c1-29-19-12-16(13-20(14-19)30-2)15-31-21-5-3-4-17-6-7-22(26-23(17)21)27-10-8-18(9-11-27)24(25)28/h3-7,12-14,18H,8-11,15H2,1-2H3,(H2,25,28). The topological polar surface area (TPSA) is 86.9 Å². The molecule has 1 aliphatic rings. The van der Waals surface area contributed by atoms with Crippen LogP contribution >= 0.6 is 0 Å². The SMILES string of the molecule is COc1cc(COc2cccc3ccc(N4CCC(C(N)=O)CC4)nc23)cc(OC)c1. The number of ether oxygens (including phenoxy) is 3. The zero-order chi connectivity index (χ0) is 21.8. The molecule has 1 amide bonds. The summed E-state index contributed by atoms with van der Waals surface area (Å²) in [5.41, 5.74) is 7.21. The molecule has 1 fully saturated rings. The third-order valence-electron chi connectivity index (χ3n) is 5.70. The first-order chi connectivity index (χ1) is 15.1. The summed E-state index contributed by atoms with van der Waals surface area (Å²) in [7, 11) is 3.25. The van der Waals surface area contributed by atoms with Gasteiger partial charge in [-0.05, 0) is 48.7 Å². The van der Waals surface area contributed by atoms with Crippen molar-refractivity contribution < 1.29 is 19.0 Å². The van der Waals surface area contributed by atoms with Gasteiger partial charge in [-0.3, -0.25) is 4.79 Å². The lowest BCUT2D eigenvalue weighted by Gasteiger charge is -2.31. The lowest BCUT2D eigenvalue weighted by atomic mass is 9.96. The monoisotopic (exact) mass is 421 g/mol. The van der Waals surface area contributed by atoms with Gasteiger partial charge in [0.1, 0.15) is 35.2 Å². The van der Waals surface area contributed by atoms with E-state index in [0.717, 1.165) is 59.7 Å². The van der Waals surface area contributed by atoms with Crippen molar-refractivity contribution in [1.82, 2.24) is 4.98 Å². The molecule has 3 aromatic rings. The maximum absolute atomic E-state index is 11.4. The fourth-order valence-electron chi connectivity index (χ4n) is 3.91. The van der Waals surface area contributed by atoms with Crippen LogP contribution in [0.3, 0.4) is 0 Å². The summed E-state index contributed by atoms with van der Waals surface area (Å²) < 4.78 is 16.8. The van der Waals surface area contributed by atoms with E-state index in [1.165, 1.54) is 0 Å². The van der Waals surface area contributed by atoms with E-state index < -0.39 is 0 Å². The summed E-state index contributed by atoms with van der Waals surface area (Å²) in [5, 5.41) is 1.01. The van der Waals surface area contributed by atoms with Gasteiger partial charge in [-0.15, -0.1) is 0 Å². The third kappa shape index (κ3) is 4.66. The van der Waals surface area contributed by atoms with Gasteiger partial charge in [0.05, 0.1) is 14.2 Å². The van der Waals surface area contributed by atoms with Crippen molar-refractivity contribution in [2.75, 3.05) is 32.2 Å². The second kappa shape index (κ2) is 9.12. The fraction of sp³-hybridized carbons (Fsp3) is 0.333. The van der Waals surface area contributed by atoms with Crippen molar-refractivity contribution in [2.24, 2.45) is 11.7 Å². The number of benzene rings is 2. The van der Waals surface area contributed by atoms with E-state index in [9.17, 15) is 4.79 Å². The van der Waals surface area contributed by atoms with Gasteiger partial charge < -0.3 is 24.8 Å². The van der Waals surface area contributed by atoms with E-state index in [2.05, 4.69) is 11.0 Å². The zero-order valence-corrected chi connectivity index (χ0v) is 17.8. The molecule has 0 bridgehead atoms. The molecule has 7 heteroatoms. The Hall–Kier alpha value is -3.48. The highest BCUT2D eigenvalue weighted by Gasteiger charge is 2.24. The molecule has 1 aromatic heterocycles. The minimum Gasteiger partial charge on any atom is -0.497 e. The number of hydrogen-bond donors (Lipinski definition) is 1. The van der Waals surface area contributed by atoms with E-state index in [1.807, 2.05) is 42.5 Å². The number of rotatable bonds is 7. The largest absolute Gasteiger partial charge is 0.497 e. The number of nitrogens with zero attached hydrogens (tertiary/aromatic N) is 2. The average molecular weight is 421 g/mol. The van der Waals surface area contributed by atoms with Gasteiger partial charge in [0.2, 0.25) is 5.91 Å². The Balaban J connectivity index is 1.55. The number of anilines is 1. The van der Waals surface area contributed by atoms with Crippen LogP contribution in [0.4, 0.5) is 5.82 Å². The summed E-state index contributed by atoms with van der Waals surface area (Å²) in [6.07, 6.45) is 1.51. The molecule has 0 saturated carbocycles. The highest BCUT2D eigenvalue weighted by Crippen LogP contribution is 2.30. The van der Waals surface area contributed by atoms with Crippen LogP contribution in [0.25, 0.3) is 10.9 Å². The van der Waals surface area contributed by atoms with Crippen molar-refractivity contribution in [2.45, 2.75) is 19.4 Å². The van der Waals surface area contributed by atoms with Crippen LogP contribution in [0.15, 0.2) is 48.5 Å². The summed E-state index contributed by atoms with van der Waals surface area (Å²) in [6.45, 7) is 1.89. The van der Waals surface area contributed by atoms with Gasteiger partial charge in [0.15, 0.2) is 0 Å². The number of carbonyl (C=O) groups is 1. The number of para-hydroxylation sites is 1. The maximum atomic E-state index is 11.4. The van der Waals surface area contributed by atoms with Gasteiger partial charge >= 0.3 is 0 Å². The van der Waals surface area contributed by atoms with Crippen LogP contribution in [-0.2, 0) is 11.4 Å². The van der Waals surface area contributed by atoms with Crippen LogP contribution in [0.5, 0.6) is 17.2 Å². The molecule has 2 N–H and O–H groups in total. The van der Waals surface area contributed by atoms with Crippen molar-refractivity contribution >= 4 is 22.6 Å². The quantitative estimate of drug-likeness (QED) is 0.628. The van der Waals surface area contributed by atoms with E-state index in [0.29, 0.717) is 12.4 Å². The number of carbonyl (C=O) groups excluding carboxylic acids is 1. The van der Waals surface area contributed by atoms with Crippen LogP contribution in [-0.4, -0.2) is 38.2 Å². The van der Waals surface area contributed by atoms with Crippen LogP contribution in [0, 0.1) is 5.92 Å². The van der Waals surface area contributed by atoms with Crippen molar-refractivity contribution in [1.29, 1.82) is 0 Å². The Morgan fingerprint density at radius 1 is 1.06 bits per heavy atom. The predicted molar refractivity (Wildman–Crippen MR) is 120 cm³/mol. The Kier molecular flexibility index (Phi) is 6.11. The van der Waals surface area contributed by atoms with Crippen LogP contribution < -0.4 is 24.8 Å². The number of primary amides is 1. The average Bonchev–Trinajstić information content (AvgIpc) is 2.82. The maximum Gasteiger partial charge on any atom is 0.220 e. The first-order valence-electron chi connectivity index (χ1n) is 10.4. The minimum atomic E-state index is -0.212. The fourth-order valence-corrected chi connectivity index (χ4v) is 3.91. The molecule has 1 aliphatic heterocycles. The number of aromatic nitrogens is 1. The molecule has 2 aromatic carbocycles. The lowest BCUT2D eigenvalue weighted by Crippen LogP contribution is -2.38. The molecule has 31 heavy (non-hydrogen) atoms. The number of amides is 1. The molecule has 0 aliphatic carbocycles. The van der Waals surface area contributed by atoms with Crippen molar-refractivity contribution in [3.63, 3.8) is 0 Å². The second-order valence-electron chi connectivity index (χ2n) is 7.67. The first-order valence-corrected chi connectivity index (χ1v) is 10.4. The molecule has 162 valence electrons. The molecule has 2 heterocycles. The Bertz CT molecular complexity index is 1060. The number of piperidine rings is 1. The molecule has 7 nitrogen and oxygen atoms in total. The third-order valence-corrected chi connectivity index (χ3v) is 5.70. The number of nitrogens with two attached hydrogens (primary N) is 1. The zero-order valence-electron chi connectivity index (χ0n) is 17.8. The summed E-state index contributed by atoms with van der Waals surface area (Å²) in [5.74, 6) is 2.78. The molecule has 4 rings (SSSR count). The number of pyridine rings is 1. The Morgan fingerprint density at radius 3 is 2.42 bits per heavy atom. The summed E-state index contributed by atoms with van der Waals surface area (Å²) in [6, 6.07) is 15.7. The van der Waals surface area contributed by atoms with Gasteiger partial charge in [0.25, 0.3) is 0 Å². The van der Waals surface area contributed by atoms with Crippen molar-refractivity contribution in [3.8, 4) is 17.2 Å². The highest BCUT2D eigenvalue weighted by molar-refractivity contribution is 5.86. The Labute approximate surface area is 181 Å². The van der Waals surface area contributed by atoms with E-state index in [4.69, 9.17) is 24.9 Å². The number of methoxy groups -OCH3 is 2. The molecule has 1 saturated heterocycles. The molecular weight excluding hydrogens is 394 g/mol. The van der Waals surface area contributed by atoms with Crippen LogP contribution in [0.1, 0.15) is 18.4 Å². The van der Waals surface area contributed by atoms with Gasteiger partial charge in [-0.2, -0.15) is 0 Å². The summed E-state index contributed by atoms with van der Waals surface area (Å²) >= 11 is 0. The predicted octanol–water partition coefficient (Wildman–Crippen LogP) is 3.53. The Morgan fingerprint density at radius 2 is 1.77 bits per heavy atom. The highest BCUT2D eigenvalue weighted by atomic mass is 16.5. The molecule has 0 unspecified atom stereocenters. The number of fused-ring (bicyclic) bond motifs is 1. The number of hydrogen-bond acceptors (Lipinski definition) is 6. The summed E-state index contributed by atoms with van der Waals surface area (Å²) in [4.78, 5) is 18.5. The van der Waals surface area contributed by atoms with E-state index in [1.54, 1.807) is 14.2 Å². The normalized spacial score (nSPS) is 14.5. The molecule has 0 spiro atoms. The molecule has 0 radical (unpaired) electrons. The van der Waals surface area contributed by atoms with E-state index >= 15 is 0 Å². The van der Waals surface area contributed by atoms with E-state index in [-0.39, 0.29) is 11.8 Å². The van der Waals surface area contributed by atoms with Gasteiger partial charge in [0, 0.05) is 30.5 Å². The lowest BCUT2D eigenvalue weighted by molar-refractivity contribution is -0.122. The van der Waals surface area contributed by atoms with Gasteiger partial charge in [-0.1, -0.05) is 12.1 Å².